The molecule has 4 aromatic rings. The molecule has 0 unspecified atom stereocenters. The highest BCUT2D eigenvalue weighted by molar-refractivity contribution is 7.99. The van der Waals surface area contributed by atoms with Gasteiger partial charge in [-0.05, 0) is 88.6 Å². The highest BCUT2D eigenvalue weighted by atomic mass is 35.5. The normalized spacial score (nSPS) is 17.1. The number of thiophene rings is 1. The predicted molar refractivity (Wildman–Crippen MR) is 170 cm³/mol. The number of imidazole rings is 1. The molecule has 0 saturated carbocycles. The van der Waals surface area contributed by atoms with Crippen molar-refractivity contribution in [3.05, 3.63) is 64.4 Å². The standard InChI is InChI=1S/C31H34ClN7S2/c1-37-17-11-34-31(37)41-28-8-7-23(18-26(28)32)36-29-22(20-33)21-35-27-19-25(40-30(27)29)6-2-3-12-38-15-9-24(10-16-38)39-13-4-5-14-39/h2,6-8,11,17-19,21,24H,3-5,9-10,12-16H2,1H3,(H,35,36). The zero-order valence-electron chi connectivity index (χ0n) is 23.2. The van der Waals surface area contributed by atoms with Crippen molar-refractivity contribution >= 4 is 62.4 Å². The Morgan fingerprint density at radius 3 is 2.73 bits per heavy atom. The molecule has 7 nitrogen and oxygen atoms in total. The van der Waals surface area contributed by atoms with E-state index in [-0.39, 0.29) is 0 Å². The van der Waals surface area contributed by atoms with E-state index in [0.717, 1.165) is 55.5 Å². The first-order chi connectivity index (χ1) is 20.1. The molecule has 0 amide bonds. The van der Waals surface area contributed by atoms with Gasteiger partial charge in [-0.25, -0.2) is 4.98 Å². The topological polar surface area (TPSA) is 73.0 Å². The quantitative estimate of drug-likeness (QED) is 0.213. The maximum Gasteiger partial charge on any atom is 0.172 e. The number of aromatic nitrogens is 3. The molecule has 2 aliphatic rings. The van der Waals surface area contributed by atoms with E-state index in [1.165, 1.54) is 63.6 Å². The molecule has 0 radical (unpaired) electrons. The lowest BCUT2D eigenvalue weighted by atomic mass is 10.0. The number of aryl methyl sites for hydroxylation is 1. The summed E-state index contributed by atoms with van der Waals surface area (Å²) in [7, 11) is 1.96. The summed E-state index contributed by atoms with van der Waals surface area (Å²) < 4.78 is 2.93. The minimum Gasteiger partial charge on any atom is -0.353 e. The molecule has 2 aliphatic heterocycles. The van der Waals surface area contributed by atoms with Gasteiger partial charge in [0.05, 0.1) is 26.5 Å². The summed E-state index contributed by atoms with van der Waals surface area (Å²) in [5.41, 5.74) is 2.98. The lowest BCUT2D eigenvalue weighted by Gasteiger charge is -2.36. The lowest BCUT2D eigenvalue weighted by molar-refractivity contribution is 0.128. The molecule has 2 fully saturated rings. The van der Waals surface area contributed by atoms with Crippen molar-refractivity contribution in [2.45, 2.75) is 48.2 Å². The molecular formula is C31H34ClN7S2. The minimum absolute atomic E-state index is 0.509. The van der Waals surface area contributed by atoms with Crippen LogP contribution in [0.5, 0.6) is 0 Å². The minimum atomic E-state index is 0.509. The molecule has 5 heterocycles. The molecule has 0 spiro atoms. The zero-order chi connectivity index (χ0) is 28.2. The average molecular weight is 604 g/mol. The van der Waals surface area contributed by atoms with Crippen molar-refractivity contribution < 1.29 is 0 Å². The summed E-state index contributed by atoms with van der Waals surface area (Å²) in [6, 6.07) is 11.0. The summed E-state index contributed by atoms with van der Waals surface area (Å²) in [5.74, 6) is 0. The second kappa shape index (κ2) is 13.0. The van der Waals surface area contributed by atoms with Gasteiger partial charge in [0.2, 0.25) is 0 Å². The van der Waals surface area contributed by atoms with E-state index < -0.39 is 0 Å². The second-order valence-corrected chi connectivity index (χ2v) is 13.2. The Bertz CT molecular complexity index is 1570. The summed E-state index contributed by atoms with van der Waals surface area (Å²) >= 11 is 9.81. The van der Waals surface area contributed by atoms with E-state index in [0.29, 0.717) is 10.6 Å². The maximum absolute atomic E-state index is 9.82. The van der Waals surface area contributed by atoms with Crippen LogP contribution in [0.25, 0.3) is 16.3 Å². The largest absolute Gasteiger partial charge is 0.353 e. The van der Waals surface area contributed by atoms with Gasteiger partial charge in [0.15, 0.2) is 5.16 Å². The number of benzene rings is 1. The fourth-order valence-corrected chi connectivity index (χ4v) is 7.87. The molecule has 10 heteroatoms. The van der Waals surface area contributed by atoms with Crippen LogP contribution < -0.4 is 5.32 Å². The predicted octanol–water partition coefficient (Wildman–Crippen LogP) is 7.41. The summed E-state index contributed by atoms with van der Waals surface area (Å²) in [4.78, 5) is 16.3. The van der Waals surface area contributed by atoms with Gasteiger partial charge >= 0.3 is 0 Å². The first-order valence-electron chi connectivity index (χ1n) is 14.2. The molecule has 0 aliphatic carbocycles. The SMILES string of the molecule is Cn1ccnc1Sc1ccc(Nc2c(C#N)cnc3cc(C=CCCN4CCC(N5CCCC5)CC4)sc23)cc1Cl. The molecule has 41 heavy (non-hydrogen) atoms. The summed E-state index contributed by atoms with van der Waals surface area (Å²) in [6.45, 7) is 6.13. The van der Waals surface area contributed by atoms with Crippen LogP contribution >= 0.6 is 34.7 Å². The molecule has 0 atom stereocenters. The van der Waals surface area contributed by atoms with Crippen LogP contribution in [0.4, 0.5) is 11.4 Å². The fourth-order valence-electron chi connectivity index (χ4n) is 5.71. The van der Waals surface area contributed by atoms with E-state index in [1.807, 2.05) is 36.0 Å². The molecule has 0 bridgehead atoms. The molecule has 6 rings (SSSR count). The number of nitrogens with zero attached hydrogens (tertiary/aromatic N) is 6. The van der Waals surface area contributed by atoms with E-state index in [9.17, 15) is 5.26 Å². The number of halogens is 1. The molecule has 1 N–H and O–H groups in total. The molecule has 212 valence electrons. The first-order valence-corrected chi connectivity index (χ1v) is 16.3. The van der Waals surface area contributed by atoms with Crippen molar-refractivity contribution in [1.82, 2.24) is 24.3 Å². The fraction of sp³-hybridized carbons (Fsp3) is 0.387. The Labute approximate surface area is 254 Å². The number of anilines is 2. The zero-order valence-corrected chi connectivity index (χ0v) is 25.6. The molecule has 2 saturated heterocycles. The number of rotatable bonds is 9. The van der Waals surface area contributed by atoms with Crippen molar-refractivity contribution in [2.24, 2.45) is 7.05 Å². The van der Waals surface area contributed by atoms with Gasteiger partial charge < -0.3 is 19.7 Å². The van der Waals surface area contributed by atoms with Crippen molar-refractivity contribution in [1.29, 1.82) is 5.26 Å². The van der Waals surface area contributed by atoms with Gasteiger partial charge in [0, 0.05) is 53.7 Å². The Morgan fingerprint density at radius 2 is 2.00 bits per heavy atom. The Kier molecular flexibility index (Phi) is 8.94. The van der Waals surface area contributed by atoms with E-state index in [1.54, 1.807) is 23.7 Å². The Balaban J connectivity index is 1.10. The van der Waals surface area contributed by atoms with Gasteiger partial charge in [-0.1, -0.05) is 29.4 Å². The monoisotopic (exact) mass is 603 g/mol. The van der Waals surface area contributed by atoms with Gasteiger partial charge in [0.1, 0.15) is 6.07 Å². The van der Waals surface area contributed by atoms with Crippen LogP contribution in [0.15, 0.2) is 59.0 Å². The van der Waals surface area contributed by atoms with Gasteiger partial charge in [-0.2, -0.15) is 5.26 Å². The van der Waals surface area contributed by atoms with Crippen LogP contribution in [0.3, 0.4) is 0 Å². The lowest BCUT2D eigenvalue weighted by Crippen LogP contribution is -2.43. The summed E-state index contributed by atoms with van der Waals surface area (Å²) in [6.07, 6.45) is 16.2. The molecule has 1 aromatic carbocycles. The van der Waals surface area contributed by atoms with Gasteiger partial charge in [-0.15, -0.1) is 11.3 Å². The van der Waals surface area contributed by atoms with Gasteiger partial charge in [0.25, 0.3) is 0 Å². The summed E-state index contributed by atoms with van der Waals surface area (Å²) in [5, 5.41) is 14.8. The average Bonchev–Trinajstić information content (AvgIpc) is 3.75. The van der Waals surface area contributed by atoms with Crippen LogP contribution in [0, 0.1) is 11.3 Å². The van der Waals surface area contributed by atoms with E-state index in [4.69, 9.17) is 11.6 Å². The van der Waals surface area contributed by atoms with Crippen molar-refractivity contribution in [2.75, 3.05) is 38.0 Å². The number of hydrogen-bond donors (Lipinski definition) is 1. The Hall–Kier alpha value is -2.87. The van der Waals surface area contributed by atoms with Crippen molar-refractivity contribution in [3.63, 3.8) is 0 Å². The third-order valence-electron chi connectivity index (χ3n) is 7.97. The number of likely N-dealkylation sites (tertiary alicyclic amines) is 2. The number of nitrogens with one attached hydrogen (secondary N) is 1. The third kappa shape index (κ3) is 6.63. The number of pyridine rings is 1. The first kappa shape index (κ1) is 28.3. The van der Waals surface area contributed by atoms with Crippen LogP contribution in [-0.4, -0.2) is 63.1 Å². The molecular weight excluding hydrogens is 570 g/mol. The molecule has 3 aromatic heterocycles. The number of piperidine rings is 1. The highest BCUT2D eigenvalue weighted by Crippen LogP contribution is 2.38. The van der Waals surface area contributed by atoms with E-state index in [2.05, 4.69) is 49.4 Å². The van der Waals surface area contributed by atoms with E-state index >= 15 is 0 Å². The highest BCUT2D eigenvalue weighted by Gasteiger charge is 2.25. The Morgan fingerprint density at radius 1 is 1.17 bits per heavy atom. The second-order valence-electron chi connectivity index (χ2n) is 10.7. The maximum atomic E-state index is 9.82. The van der Waals surface area contributed by atoms with Crippen LogP contribution in [0.2, 0.25) is 5.02 Å². The van der Waals surface area contributed by atoms with Crippen LogP contribution in [-0.2, 0) is 7.05 Å². The van der Waals surface area contributed by atoms with Crippen molar-refractivity contribution in [3.8, 4) is 6.07 Å². The van der Waals surface area contributed by atoms with Gasteiger partial charge in [-0.3, -0.25) is 4.98 Å². The van der Waals surface area contributed by atoms with Crippen LogP contribution in [0.1, 0.15) is 42.5 Å². The smallest absolute Gasteiger partial charge is 0.172 e. The number of hydrogen-bond acceptors (Lipinski definition) is 8. The number of nitriles is 1. The third-order valence-corrected chi connectivity index (χ3v) is 10.7. The number of fused-ring (bicyclic) bond motifs is 1.